The molecule has 1 aliphatic carbocycles. The summed E-state index contributed by atoms with van der Waals surface area (Å²) in [5.41, 5.74) is -1.51. The van der Waals surface area contributed by atoms with Crippen LogP contribution in [0.3, 0.4) is 0 Å². The highest BCUT2D eigenvalue weighted by Gasteiger charge is 2.70. The molecule has 4 N–H and O–H groups in total. The number of Topliss-reactive ketones (excluding diaryl/α,β-unsaturated/α-hetero) is 1. The second-order valence-corrected chi connectivity index (χ2v) is 18.8. The van der Waals surface area contributed by atoms with E-state index in [0.29, 0.717) is 25.9 Å². The predicted molar refractivity (Wildman–Crippen MR) is 187 cm³/mol. The third-order valence-corrected chi connectivity index (χ3v) is 12.4. The number of carbonyl (C=O) groups excluding carboxylic acids is 5. The molecule has 13 nitrogen and oxygen atoms in total. The Balaban J connectivity index is 1.86. The predicted octanol–water partition coefficient (Wildman–Crippen LogP) is 1.87. The number of amides is 5. The first-order valence-corrected chi connectivity index (χ1v) is 19.0. The first-order chi connectivity index (χ1) is 22.5. The van der Waals surface area contributed by atoms with Gasteiger partial charge in [0.25, 0.3) is 5.91 Å². The van der Waals surface area contributed by atoms with Gasteiger partial charge in [-0.15, -0.1) is 12.3 Å². The first kappa shape index (κ1) is 40.3. The minimum Gasteiger partial charge on any atom is -0.349 e. The van der Waals surface area contributed by atoms with Gasteiger partial charge < -0.3 is 26.2 Å². The maximum Gasteiger partial charge on any atom is 0.315 e. The second kappa shape index (κ2) is 15.0. The van der Waals surface area contributed by atoms with E-state index in [0.717, 1.165) is 0 Å². The fraction of sp³-hybridized carbons (Fsp3) is 0.800. The Morgan fingerprint density at radius 2 is 1.63 bits per heavy atom. The second-order valence-electron chi connectivity index (χ2n) is 16.7. The molecule has 3 rings (SSSR count). The van der Waals surface area contributed by atoms with Crippen LogP contribution in [0.5, 0.6) is 0 Å². The maximum absolute atomic E-state index is 14.4. The molecule has 1 saturated carbocycles. The lowest BCUT2D eigenvalue weighted by Crippen LogP contribution is -2.63. The van der Waals surface area contributed by atoms with E-state index in [2.05, 4.69) is 27.2 Å². The van der Waals surface area contributed by atoms with Crippen LogP contribution >= 0.6 is 0 Å². The summed E-state index contributed by atoms with van der Waals surface area (Å²) in [5, 5.41) is 11.1. The van der Waals surface area contributed by atoms with Crippen molar-refractivity contribution >= 4 is 39.6 Å². The Kier molecular flexibility index (Phi) is 12.3. The third kappa shape index (κ3) is 9.14. The highest BCUT2D eigenvalue weighted by Crippen LogP contribution is 2.65. The standard InChI is InChI=1S/C35H58N6O7S/c1-12-15-21(3)25(27(42)30(44)36-16-13-2)38-29(43)26-24-22(35(24,10)11)19-41(26)31(45)28(34(7,8)9)39-32(46)37-23(33(4,5)6)20-40-17-14-18-49(40,47)48/h1,21-26,28H,13-20H2,2-11H3,(H,36,44)(H,38,43)(H2,37,39,46)/t21?,22-,23+,24-,25?,26?,28+/m0/s1. The number of sulfonamides is 1. The zero-order valence-corrected chi connectivity index (χ0v) is 31.8. The van der Waals surface area contributed by atoms with Gasteiger partial charge in [-0.2, -0.15) is 4.31 Å². The van der Waals surface area contributed by atoms with Crippen molar-refractivity contribution in [2.45, 2.75) is 113 Å². The van der Waals surface area contributed by atoms with Gasteiger partial charge in [0, 0.05) is 38.6 Å². The summed E-state index contributed by atoms with van der Waals surface area (Å²) in [6.07, 6.45) is 6.83. The molecule has 3 aliphatic rings. The van der Waals surface area contributed by atoms with E-state index >= 15 is 0 Å². The Morgan fingerprint density at radius 1 is 1.00 bits per heavy atom. The van der Waals surface area contributed by atoms with Crippen LogP contribution in [-0.4, -0.2) is 103 Å². The van der Waals surface area contributed by atoms with E-state index in [1.165, 1.54) is 9.21 Å². The lowest BCUT2D eigenvalue weighted by molar-refractivity contribution is -0.145. The Hall–Kier alpha value is -3.18. The molecule has 0 radical (unpaired) electrons. The molecule has 49 heavy (non-hydrogen) atoms. The quantitative estimate of drug-likeness (QED) is 0.167. The molecular formula is C35H58N6O7S. The molecular weight excluding hydrogens is 648 g/mol. The van der Waals surface area contributed by atoms with Crippen LogP contribution in [0.2, 0.25) is 0 Å². The minimum absolute atomic E-state index is 0.0273. The van der Waals surface area contributed by atoms with Gasteiger partial charge in [-0.05, 0) is 46.8 Å². The van der Waals surface area contributed by atoms with Crippen molar-refractivity contribution in [2.75, 3.05) is 31.9 Å². The number of carbonyl (C=O) groups is 5. The number of piperidine rings is 1. The van der Waals surface area contributed by atoms with Crippen LogP contribution in [0.25, 0.3) is 0 Å². The van der Waals surface area contributed by atoms with E-state index in [4.69, 9.17) is 6.42 Å². The van der Waals surface area contributed by atoms with Gasteiger partial charge in [-0.25, -0.2) is 13.2 Å². The van der Waals surface area contributed by atoms with Crippen LogP contribution in [-0.2, 0) is 29.2 Å². The molecule has 2 aliphatic heterocycles. The summed E-state index contributed by atoms with van der Waals surface area (Å²) in [6, 6.07) is -4.34. The molecule has 2 heterocycles. The molecule has 3 unspecified atom stereocenters. The van der Waals surface area contributed by atoms with Gasteiger partial charge >= 0.3 is 6.03 Å². The van der Waals surface area contributed by atoms with E-state index < -0.39 is 80.5 Å². The number of nitrogens with zero attached hydrogens (tertiary/aromatic N) is 2. The molecule has 14 heteroatoms. The van der Waals surface area contributed by atoms with E-state index in [9.17, 15) is 32.4 Å². The van der Waals surface area contributed by atoms with Crippen molar-refractivity contribution in [1.29, 1.82) is 0 Å². The molecule has 0 aromatic rings. The van der Waals surface area contributed by atoms with Gasteiger partial charge in [0.15, 0.2) is 0 Å². The van der Waals surface area contributed by atoms with E-state index in [1.807, 2.05) is 62.3 Å². The molecule has 7 atom stereocenters. The lowest BCUT2D eigenvalue weighted by Gasteiger charge is -2.39. The van der Waals surface area contributed by atoms with Gasteiger partial charge in [0.2, 0.25) is 27.6 Å². The van der Waals surface area contributed by atoms with Crippen molar-refractivity contribution in [3.05, 3.63) is 0 Å². The topological polar surface area (TPSA) is 174 Å². The van der Waals surface area contributed by atoms with Gasteiger partial charge in [-0.3, -0.25) is 19.2 Å². The van der Waals surface area contributed by atoms with Crippen molar-refractivity contribution in [3.8, 4) is 12.3 Å². The molecule has 0 bridgehead atoms. The third-order valence-electron chi connectivity index (χ3n) is 10.4. The average Bonchev–Trinajstić information content (AvgIpc) is 3.28. The van der Waals surface area contributed by atoms with Crippen LogP contribution in [0.15, 0.2) is 0 Å². The highest BCUT2D eigenvalue weighted by molar-refractivity contribution is 7.89. The number of ketones is 1. The summed E-state index contributed by atoms with van der Waals surface area (Å²) in [4.78, 5) is 69.5. The zero-order valence-electron chi connectivity index (χ0n) is 30.9. The van der Waals surface area contributed by atoms with Crippen LogP contribution in [0, 0.1) is 46.3 Å². The molecule has 0 aromatic heterocycles. The Labute approximate surface area is 292 Å². The highest BCUT2D eigenvalue weighted by atomic mass is 32.2. The van der Waals surface area contributed by atoms with Crippen molar-refractivity contribution < 1.29 is 32.4 Å². The van der Waals surface area contributed by atoms with Crippen molar-refractivity contribution in [2.24, 2.45) is 34.0 Å². The average molecular weight is 707 g/mol. The van der Waals surface area contributed by atoms with Gasteiger partial charge in [0.1, 0.15) is 18.1 Å². The number of nitrogens with one attached hydrogen (secondary N) is 4. The fourth-order valence-corrected chi connectivity index (χ4v) is 8.61. The summed E-state index contributed by atoms with van der Waals surface area (Å²) in [6.45, 7) is 19.9. The number of hydrogen-bond donors (Lipinski definition) is 4. The minimum atomic E-state index is -3.40. The number of rotatable bonds is 13. The summed E-state index contributed by atoms with van der Waals surface area (Å²) in [7, 11) is -3.40. The number of urea groups is 1. The Morgan fingerprint density at radius 3 is 2.14 bits per heavy atom. The number of terminal acetylenes is 1. The van der Waals surface area contributed by atoms with Crippen LogP contribution in [0.4, 0.5) is 4.79 Å². The smallest absolute Gasteiger partial charge is 0.315 e. The van der Waals surface area contributed by atoms with Crippen molar-refractivity contribution in [1.82, 2.24) is 30.5 Å². The molecule has 0 aromatic carbocycles. The monoisotopic (exact) mass is 706 g/mol. The number of likely N-dealkylation sites (tertiary alicyclic amines) is 1. The number of fused-ring (bicyclic) bond motifs is 1. The first-order valence-electron chi connectivity index (χ1n) is 17.4. The van der Waals surface area contributed by atoms with E-state index in [1.54, 1.807) is 6.92 Å². The molecule has 0 spiro atoms. The van der Waals surface area contributed by atoms with E-state index in [-0.39, 0.29) is 42.5 Å². The zero-order chi connectivity index (χ0) is 37.3. The Bertz CT molecular complexity index is 1440. The lowest BCUT2D eigenvalue weighted by atomic mass is 9.85. The molecule has 5 amide bonds. The molecule has 2 saturated heterocycles. The summed E-state index contributed by atoms with van der Waals surface area (Å²) in [5.74, 6) is -0.722. The van der Waals surface area contributed by atoms with Crippen molar-refractivity contribution in [3.63, 3.8) is 0 Å². The largest absolute Gasteiger partial charge is 0.349 e. The summed E-state index contributed by atoms with van der Waals surface area (Å²) >= 11 is 0. The maximum atomic E-state index is 14.4. The van der Waals surface area contributed by atoms with Crippen LogP contribution in [0.1, 0.15) is 88.5 Å². The van der Waals surface area contributed by atoms with Gasteiger partial charge in [-0.1, -0.05) is 69.2 Å². The molecule has 3 fully saturated rings. The number of hydrogen-bond acceptors (Lipinski definition) is 7. The summed E-state index contributed by atoms with van der Waals surface area (Å²) < 4.78 is 26.5. The van der Waals surface area contributed by atoms with Crippen LogP contribution < -0.4 is 21.3 Å². The normalized spacial score (nSPS) is 25.2. The fourth-order valence-electron chi connectivity index (χ4n) is 7.07. The SMILES string of the molecule is C#CCC(C)C(NC(=O)C1[C@@H]2[C@H](CN1C(=O)[C@@H](NC(=O)N[C@H](CN1CCCS1(=O)=O)C(C)(C)C)C(C)(C)C)C2(C)C)C(=O)C(=O)NCCC. The molecule has 276 valence electrons. The van der Waals surface area contributed by atoms with Gasteiger partial charge in [0.05, 0.1) is 5.75 Å².